The zero-order valence-corrected chi connectivity index (χ0v) is 12.2. The van der Waals surface area contributed by atoms with Gasteiger partial charge in [0.25, 0.3) is 0 Å². The van der Waals surface area contributed by atoms with E-state index >= 15 is 0 Å². The number of aliphatic hydroxyl groups is 1. The van der Waals surface area contributed by atoms with E-state index in [1.165, 1.54) is 32.1 Å². The second-order valence-electron chi connectivity index (χ2n) is 6.22. The number of ether oxygens (including phenoxy) is 2. The topological polar surface area (TPSA) is 38.7 Å². The molecule has 1 N–H and O–H groups in total. The van der Waals surface area contributed by atoms with Crippen LogP contribution in [0.1, 0.15) is 57.1 Å². The summed E-state index contributed by atoms with van der Waals surface area (Å²) in [5, 5.41) is 9.47. The Morgan fingerprint density at radius 2 is 1.95 bits per heavy atom. The molecular weight excluding hydrogens is 252 g/mol. The first-order valence-corrected chi connectivity index (χ1v) is 7.76. The molecule has 0 aromatic heterocycles. The van der Waals surface area contributed by atoms with E-state index in [4.69, 9.17) is 9.47 Å². The van der Waals surface area contributed by atoms with Gasteiger partial charge in [-0.25, -0.2) is 0 Å². The third-order valence-corrected chi connectivity index (χ3v) is 4.65. The van der Waals surface area contributed by atoms with E-state index in [9.17, 15) is 5.11 Å². The maximum atomic E-state index is 9.47. The molecule has 1 aromatic rings. The van der Waals surface area contributed by atoms with Gasteiger partial charge in [0.05, 0.1) is 17.8 Å². The van der Waals surface area contributed by atoms with Gasteiger partial charge in [-0.15, -0.1) is 0 Å². The predicted octanol–water partition coefficient (Wildman–Crippen LogP) is 3.61. The van der Waals surface area contributed by atoms with Crippen molar-refractivity contribution in [1.29, 1.82) is 0 Å². The van der Waals surface area contributed by atoms with E-state index < -0.39 is 6.10 Å². The van der Waals surface area contributed by atoms with Crippen molar-refractivity contribution in [1.82, 2.24) is 0 Å². The first-order valence-electron chi connectivity index (χ1n) is 7.76. The highest BCUT2D eigenvalue weighted by Crippen LogP contribution is 2.43. The zero-order valence-electron chi connectivity index (χ0n) is 12.2. The van der Waals surface area contributed by atoms with E-state index in [0.717, 1.165) is 17.7 Å². The molecule has 20 heavy (non-hydrogen) atoms. The van der Waals surface area contributed by atoms with Gasteiger partial charge in [0, 0.05) is 0 Å². The number of hydrogen-bond donors (Lipinski definition) is 1. The average molecular weight is 276 g/mol. The molecule has 2 unspecified atom stereocenters. The number of benzene rings is 1. The Balaban J connectivity index is 1.50. The van der Waals surface area contributed by atoms with Crippen LogP contribution in [0.15, 0.2) is 24.3 Å². The largest absolute Gasteiger partial charge is 0.491 e. The number of hydrogen-bond acceptors (Lipinski definition) is 3. The fourth-order valence-electron chi connectivity index (χ4n) is 3.43. The summed E-state index contributed by atoms with van der Waals surface area (Å²) < 4.78 is 12.0. The third kappa shape index (κ3) is 2.99. The third-order valence-electron chi connectivity index (χ3n) is 4.65. The van der Waals surface area contributed by atoms with Crippen LogP contribution in [0.3, 0.4) is 0 Å². The summed E-state index contributed by atoms with van der Waals surface area (Å²) in [6.45, 7) is 2.40. The number of rotatable bonds is 4. The lowest BCUT2D eigenvalue weighted by Gasteiger charge is -2.23. The molecule has 3 nitrogen and oxygen atoms in total. The van der Waals surface area contributed by atoms with Crippen molar-refractivity contribution < 1.29 is 14.6 Å². The second-order valence-corrected chi connectivity index (χ2v) is 6.22. The lowest BCUT2D eigenvalue weighted by atomic mass is 9.98. The Morgan fingerprint density at radius 1 is 1.25 bits per heavy atom. The van der Waals surface area contributed by atoms with E-state index in [1.807, 2.05) is 24.3 Å². The quantitative estimate of drug-likeness (QED) is 0.913. The molecule has 1 aromatic carbocycles. The standard InChI is InChI=1S/C17H24O3/c1-13(18)14-4-6-15(7-5-14)19-12-16-8-11-17(20-16)9-2-3-10-17/h4-7,13,16,18H,2-3,8-12H2,1H3. The van der Waals surface area contributed by atoms with Crippen LogP contribution in [-0.2, 0) is 4.74 Å². The molecule has 1 heterocycles. The SMILES string of the molecule is CC(O)c1ccc(OCC2CCC3(CCCC3)O2)cc1. The van der Waals surface area contributed by atoms with Crippen LogP contribution in [0.2, 0.25) is 0 Å². The Hall–Kier alpha value is -1.06. The summed E-state index contributed by atoms with van der Waals surface area (Å²) in [6.07, 6.45) is 7.21. The van der Waals surface area contributed by atoms with Crippen LogP contribution >= 0.6 is 0 Å². The van der Waals surface area contributed by atoms with Crippen LogP contribution < -0.4 is 4.74 Å². The maximum Gasteiger partial charge on any atom is 0.119 e. The lowest BCUT2D eigenvalue weighted by Crippen LogP contribution is -2.27. The van der Waals surface area contributed by atoms with Crippen LogP contribution in [0.4, 0.5) is 0 Å². The van der Waals surface area contributed by atoms with Gasteiger partial charge in [-0.3, -0.25) is 0 Å². The molecule has 2 atom stereocenters. The minimum atomic E-state index is -0.426. The van der Waals surface area contributed by atoms with Crippen molar-refractivity contribution in [3.63, 3.8) is 0 Å². The summed E-state index contributed by atoms with van der Waals surface area (Å²) in [5.74, 6) is 0.852. The van der Waals surface area contributed by atoms with Crippen LogP contribution in [-0.4, -0.2) is 23.4 Å². The average Bonchev–Trinajstić information content (AvgIpc) is 3.08. The van der Waals surface area contributed by atoms with Gasteiger partial charge in [-0.1, -0.05) is 25.0 Å². The normalized spacial score (nSPS) is 26.0. The Bertz CT molecular complexity index is 432. The van der Waals surface area contributed by atoms with Gasteiger partial charge in [-0.2, -0.15) is 0 Å². The molecule has 1 spiro atoms. The van der Waals surface area contributed by atoms with Gasteiger partial charge in [0.15, 0.2) is 0 Å². The molecule has 2 aliphatic rings. The van der Waals surface area contributed by atoms with Crippen LogP contribution in [0, 0.1) is 0 Å². The Labute approximate surface area is 120 Å². The Morgan fingerprint density at radius 3 is 2.60 bits per heavy atom. The fraction of sp³-hybridized carbons (Fsp3) is 0.647. The lowest BCUT2D eigenvalue weighted by molar-refractivity contribution is -0.0508. The van der Waals surface area contributed by atoms with Crippen molar-refractivity contribution in [2.24, 2.45) is 0 Å². The molecular formula is C17H24O3. The molecule has 2 fully saturated rings. The molecule has 110 valence electrons. The molecule has 1 aliphatic heterocycles. The highest BCUT2D eigenvalue weighted by molar-refractivity contribution is 5.28. The molecule has 1 saturated carbocycles. The highest BCUT2D eigenvalue weighted by Gasteiger charge is 2.42. The minimum Gasteiger partial charge on any atom is -0.491 e. The van der Waals surface area contributed by atoms with E-state index in [1.54, 1.807) is 6.92 Å². The summed E-state index contributed by atoms with van der Waals surface area (Å²) in [6, 6.07) is 7.66. The number of aliphatic hydroxyl groups excluding tert-OH is 1. The van der Waals surface area contributed by atoms with Gasteiger partial charge in [0.2, 0.25) is 0 Å². The highest BCUT2D eigenvalue weighted by atomic mass is 16.6. The van der Waals surface area contributed by atoms with Crippen molar-refractivity contribution in [2.45, 2.75) is 63.3 Å². The first-order chi connectivity index (χ1) is 9.67. The molecule has 3 rings (SSSR count). The first kappa shape index (κ1) is 13.9. The Kier molecular flexibility index (Phi) is 3.99. The van der Waals surface area contributed by atoms with Crippen LogP contribution in [0.25, 0.3) is 0 Å². The molecule has 0 radical (unpaired) electrons. The molecule has 1 aliphatic carbocycles. The fourth-order valence-corrected chi connectivity index (χ4v) is 3.43. The molecule has 3 heteroatoms. The zero-order chi connectivity index (χ0) is 14.0. The molecule has 0 bridgehead atoms. The van der Waals surface area contributed by atoms with Crippen molar-refractivity contribution in [3.8, 4) is 5.75 Å². The van der Waals surface area contributed by atoms with E-state index in [-0.39, 0.29) is 11.7 Å². The minimum absolute atomic E-state index is 0.185. The van der Waals surface area contributed by atoms with Crippen molar-refractivity contribution in [2.75, 3.05) is 6.61 Å². The monoisotopic (exact) mass is 276 g/mol. The molecule has 1 saturated heterocycles. The summed E-state index contributed by atoms with van der Waals surface area (Å²) >= 11 is 0. The van der Waals surface area contributed by atoms with Gasteiger partial charge in [0.1, 0.15) is 12.4 Å². The van der Waals surface area contributed by atoms with Gasteiger partial charge in [-0.05, 0) is 50.3 Å². The van der Waals surface area contributed by atoms with Crippen molar-refractivity contribution in [3.05, 3.63) is 29.8 Å². The summed E-state index contributed by atoms with van der Waals surface area (Å²) in [4.78, 5) is 0. The maximum absolute atomic E-state index is 9.47. The summed E-state index contributed by atoms with van der Waals surface area (Å²) in [5.41, 5.74) is 1.10. The van der Waals surface area contributed by atoms with Gasteiger partial charge < -0.3 is 14.6 Å². The summed E-state index contributed by atoms with van der Waals surface area (Å²) in [7, 11) is 0. The predicted molar refractivity (Wildman–Crippen MR) is 77.9 cm³/mol. The van der Waals surface area contributed by atoms with Crippen LogP contribution in [0.5, 0.6) is 5.75 Å². The van der Waals surface area contributed by atoms with Crippen molar-refractivity contribution >= 4 is 0 Å². The smallest absolute Gasteiger partial charge is 0.119 e. The van der Waals surface area contributed by atoms with E-state index in [0.29, 0.717) is 6.61 Å². The van der Waals surface area contributed by atoms with Gasteiger partial charge >= 0.3 is 0 Å². The van der Waals surface area contributed by atoms with E-state index in [2.05, 4.69) is 0 Å². The molecule has 0 amide bonds. The second kappa shape index (κ2) is 5.74.